The number of carbonyl (C=O) groups excluding carboxylic acids is 2. The van der Waals surface area contributed by atoms with Crippen LogP contribution in [0.5, 0.6) is 0 Å². The van der Waals surface area contributed by atoms with Crippen LogP contribution in [0.15, 0.2) is 67.4 Å². The number of nitrogens with two attached hydrogens (primary N) is 2. The number of hydrogen-bond donors (Lipinski definition) is 2. The average Bonchev–Trinajstić information content (AvgIpc) is 3.42. The van der Waals surface area contributed by atoms with E-state index in [4.69, 9.17) is 16.5 Å². The highest BCUT2D eigenvalue weighted by Gasteiger charge is 2.30. The molecule has 0 saturated carbocycles. The molecule has 5 aromatic heterocycles. The Balaban J connectivity index is 1.30. The number of hydrogen-bond acceptors (Lipinski definition) is 9. The minimum absolute atomic E-state index is 0.0588. The van der Waals surface area contributed by atoms with Gasteiger partial charge in [0.1, 0.15) is 5.82 Å². The summed E-state index contributed by atoms with van der Waals surface area (Å²) in [4.78, 5) is 44.6. The molecule has 39 heavy (non-hydrogen) atoms. The van der Waals surface area contributed by atoms with Gasteiger partial charge in [-0.05, 0) is 43.2 Å². The number of aromatic nitrogens is 6. The summed E-state index contributed by atoms with van der Waals surface area (Å²) in [6.07, 6.45) is 10.4. The van der Waals surface area contributed by atoms with Crippen molar-refractivity contribution < 1.29 is 9.59 Å². The molecular formula is C28H25N9O2. The lowest BCUT2D eigenvalue weighted by molar-refractivity contribution is 0.0706. The standard InChI is InChI=1S/C28H25N9O2/c29-22-4-2-10-32-25(22)28(39)36-11-7-17(8-12-36)24-21(16-38)26(30)37-27(35-24)20(15-34-37)18-5-6-23(33-14-18)19-3-1-9-31-13-19/h1-6,9-10,13-17H,7-8,11-12,29-30H2. The van der Waals surface area contributed by atoms with E-state index in [2.05, 4.69) is 20.1 Å². The molecule has 4 N–H and O–H groups in total. The lowest BCUT2D eigenvalue weighted by atomic mass is 9.90. The molecule has 1 aliphatic rings. The molecule has 0 bridgehead atoms. The van der Waals surface area contributed by atoms with Crippen molar-refractivity contribution in [2.24, 2.45) is 0 Å². The summed E-state index contributed by atoms with van der Waals surface area (Å²) in [7, 11) is 0. The maximum atomic E-state index is 13.0. The van der Waals surface area contributed by atoms with E-state index in [-0.39, 0.29) is 23.3 Å². The van der Waals surface area contributed by atoms with Gasteiger partial charge in [0.2, 0.25) is 0 Å². The molecule has 0 atom stereocenters. The Morgan fingerprint density at radius 1 is 0.949 bits per heavy atom. The fourth-order valence-electron chi connectivity index (χ4n) is 5.02. The molecule has 1 aliphatic heterocycles. The topological polar surface area (TPSA) is 158 Å². The number of aldehydes is 1. The van der Waals surface area contributed by atoms with Gasteiger partial charge >= 0.3 is 0 Å². The summed E-state index contributed by atoms with van der Waals surface area (Å²) in [6.45, 7) is 0.965. The molecule has 0 spiro atoms. The monoisotopic (exact) mass is 519 g/mol. The number of likely N-dealkylation sites (tertiary alicyclic amines) is 1. The largest absolute Gasteiger partial charge is 0.397 e. The van der Waals surface area contributed by atoms with E-state index in [1.807, 2.05) is 24.3 Å². The number of pyridine rings is 3. The molecule has 0 aromatic carbocycles. The summed E-state index contributed by atoms with van der Waals surface area (Å²) in [6, 6.07) is 11.0. The lowest BCUT2D eigenvalue weighted by Crippen LogP contribution is -2.39. The Morgan fingerprint density at radius 3 is 2.46 bits per heavy atom. The average molecular weight is 520 g/mol. The minimum Gasteiger partial charge on any atom is -0.397 e. The van der Waals surface area contributed by atoms with Crippen LogP contribution in [0.2, 0.25) is 0 Å². The summed E-state index contributed by atoms with van der Waals surface area (Å²) in [5, 5.41) is 4.41. The van der Waals surface area contributed by atoms with Crippen LogP contribution in [0.3, 0.4) is 0 Å². The molecule has 0 aliphatic carbocycles. The number of nitrogens with zero attached hydrogens (tertiary/aromatic N) is 7. The molecule has 6 heterocycles. The van der Waals surface area contributed by atoms with Crippen LogP contribution in [0.4, 0.5) is 11.5 Å². The number of amides is 1. The lowest BCUT2D eigenvalue weighted by Gasteiger charge is -2.32. The number of anilines is 2. The van der Waals surface area contributed by atoms with Crippen LogP contribution >= 0.6 is 0 Å². The van der Waals surface area contributed by atoms with Crippen LogP contribution in [0, 0.1) is 0 Å². The van der Waals surface area contributed by atoms with E-state index < -0.39 is 0 Å². The maximum Gasteiger partial charge on any atom is 0.274 e. The zero-order valence-electron chi connectivity index (χ0n) is 20.9. The Labute approximate surface area is 223 Å². The Hall–Kier alpha value is -5.19. The zero-order chi connectivity index (χ0) is 26.9. The summed E-state index contributed by atoms with van der Waals surface area (Å²) >= 11 is 0. The Kier molecular flexibility index (Phi) is 6.16. The molecular weight excluding hydrogens is 494 g/mol. The number of fused-ring (bicyclic) bond motifs is 1. The highest BCUT2D eigenvalue weighted by atomic mass is 16.2. The predicted molar refractivity (Wildman–Crippen MR) is 146 cm³/mol. The Bertz CT molecular complexity index is 1680. The van der Waals surface area contributed by atoms with Gasteiger partial charge in [-0.25, -0.2) is 9.97 Å². The molecule has 5 aromatic rings. The highest BCUT2D eigenvalue weighted by molar-refractivity contribution is 5.97. The van der Waals surface area contributed by atoms with Crippen LogP contribution < -0.4 is 11.5 Å². The van der Waals surface area contributed by atoms with E-state index in [1.165, 1.54) is 4.52 Å². The van der Waals surface area contributed by atoms with Crippen molar-refractivity contribution in [1.29, 1.82) is 0 Å². The number of piperidine rings is 1. The third kappa shape index (κ3) is 4.33. The van der Waals surface area contributed by atoms with Crippen molar-refractivity contribution in [2.45, 2.75) is 18.8 Å². The van der Waals surface area contributed by atoms with Gasteiger partial charge in [0.25, 0.3) is 5.91 Å². The molecule has 0 unspecified atom stereocenters. The van der Waals surface area contributed by atoms with Crippen molar-refractivity contribution in [2.75, 3.05) is 24.6 Å². The molecule has 1 fully saturated rings. The van der Waals surface area contributed by atoms with E-state index in [0.29, 0.717) is 48.5 Å². The molecule has 11 heteroatoms. The third-order valence-corrected chi connectivity index (χ3v) is 7.11. The first-order chi connectivity index (χ1) is 19.0. The summed E-state index contributed by atoms with van der Waals surface area (Å²) in [5.74, 6) is -0.0298. The zero-order valence-corrected chi connectivity index (χ0v) is 20.9. The second-order valence-corrected chi connectivity index (χ2v) is 9.39. The molecule has 1 saturated heterocycles. The van der Waals surface area contributed by atoms with E-state index >= 15 is 0 Å². The quantitative estimate of drug-likeness (QED) is 0.332. The van der Waals surface area contributed by atoms with Gasteiger partial charge in [-0.15, -0.1) is 0 Å². The van der Waals surface area contributed by atoms with Crippen molar-refractivity contribution in [3.63, 3.8) is 0 Å². The van der Waals surface area contributed by atoms with Gasteiger partial charge in [0, 0.05) is 60.5 Å². The van der Waals surface area contributed by atoms with Crippen LogP contribution in [-0.2, 0) is 0 Å². The first kappa shape index (κ1) is 24.2. The summed E-state index contributed by atoms with van der Waals surface area (Å²) < 4.78 is 1.49. The van der Waals surface area contributed by atoms with Gasteiger partial charge in [-0.1, -0.05) is 6.07 Å². The van der Waals surface area contributed by atoms with E-state index in [0.717, 1.165) is 28.7 Å². The van der Waals surface area contributed by atoms with Gasteiger partial charge in [-0.2, -0.15) is 9.61 Å². The maximum absolute atomic E-state index is 13.0. The number of carbonyl (C=O) groups is 2. The molecule has 11 nitrogen and oxygen atoms in total. The number of nitrogen functional groups attached to an aromatic ring is 2. The molecule has 0 radical (unpaired) electrons. The van der Waals surface area contributed by atoms with Crippen molar-refractivity contribution in [1.82, 2.24) is 34.4 Å². The van der Waals surface area contributed by atoms with Crippen LogP contribution in [-0.4, -0.2) is 59.7 Å². The molecule has 194 valence electrons. The SMILES string of the molecule is Nc1cccnc1C(=O)N1CCC(c2nc3c(-c4ccc(-c5cccnc5)nc4)cnn3c(N)c2C=O)CC1. The van der Waals surface area contributed by atoms with Crippen LogP contribution in [0.1, 0.15) is 45.3 Å². The van der Waals surface area contributed by atoms with Crippen molar-refractivity contribution in [3.8, 4) is 22.4 Å². The fraction of sp³-hybridized carbons (Fsp3) is 0.179. The second-order valence-electron chi connectivity index (χ2n) is 9.39. The van der Waals surface area contributed by atoms with E-state index in [9.17, 15) is 9.59 Å². The second kappa shape index (κ2) is 9.93. The van der Waals surface area contributed by atoms with Gasteiger partial charge < -0.3 is 16.4 Å². The minimum atomic E-state index is -0.203. The summed E-state index contributed by atoms with van der Waals surface area (Å²) in [5.41, 5.74) is 17.7. The third-order valence-electron chi connectivity index (χ3n) is 7.11. The Morgan fingerprint density at radius 2 is 1.77 bits per heavy atom. The van der Waals surface area contributed by atoms with E-state index in [1.54, 1.807) is 48.0 Å². The predicted octanol–water partition coefficient (Wildman–Crippen LogP) is 3.25. The van der Waals surface area contributed by atoms with Gasteiger partial charge in [0.15, 0.2) is 17.6 Å². The molecule has 1 amide bonds. The van der Waals surface area contributed by atoms with Crippen molar-refractivity contribution in [3.05, 3.63) is 84.3 Å². The molecule has 6 rings (SSSR count). The van der Waals surface area contributed by atoms with Crippen molar-refractivity contribution >= 4 is 29.3 Å². The number of rotatable bonds is 5. The highest BCUT2D eigenvalue weighted by Crippen LogP contribution is 2.34. The van der Waals surface area contributed by atoms with Crippen LogP contribution in [0.25, 0.3) is 28.0 Å². The normalized spacial score (nSPS) is 14.0. The fourth-order valence-corrected chi connectivity index (χ4v) is 5.02. The first-order valence-electron chi connectivity index (χ1n) is 12.5. The van der Waals surface area contributed by atoms with Gasteiger partial charge in [-0.3, -0.25) is 19.6 Å². The van der Waals surface area contributed by atoms with Gasteiger partial charge in [0.05, 0.1) is 28.8 Å². The smallest absolute Gasteiger partial charge is 0.274 e. The first-order valence-corrected chi connectivity index (χ1v) is 12.5.